The molecule has 6 heteroatoms. The van der Waals surface area contributed by atoms with Crippen molar-refractivity contribution in [2.75, 3.05) is 0 Å². The second kappa shape index (κ2) is 7.17. The van der Waals surface area contributed by atoms with Crippen LogP contribution in [0.25, 0.3) is 10.6 Å². The number of hydrogen-bond donors (Lipinski definition) is 2. The van der Waals surface area contributed by atoms with Crippen molar-refractivity contribution in [2.24, 2.45) is 0 Å². The van der Waals surface area contributed by atoms with Crippen LogP contribution in [0.2, 0.25) is 0 Å². The number of rotatable bonds is 4. The van der Waals surface area contributed by atoms with Crippen LogP contribution in [-0.2, 0) is 6.54 Å². The number of aromatic nitrogens is 2. The minimum absolute atomic E-state index is 0.142. The third-order valence-electron chi connectivity index (χ3n) is 3.46. The monoisotopic (exact) mass is 314 g/mol. The predicted octanol–water partition coefficient (Wildman–Crippen LogP) is 3.11. The molecule has 2 N–H and O–H groups in total. The third-order valence-corrected chi connectivity index (χ3v) is 4.43. The van der Waals surface area contributed by atoms with Crippen LogP contribution < -0.4 is 10.6 Å². The summed E-state index contributed by atoms with van der Waals surface area (Å²) < 4.78 is 0. The number of allylic oxidation sites excluding steroid dienone is 1. The number of carbonyl (C=O) groups excluding carboxylic acids is 1. The Morgan fingerprint density at radius 2 is 2.14 bits per heavy atom. The first-order chi connectivity index (χ1) is 10.8. The normalized spacial score (nSPS) is 17.2. The van der Waals surface area contributed by atoms with Gasteiger partial charge in [-0.1, -0.05) is 53.8 Å². The Morgan fingerprint density at radius 1 is 1.27 bits per heavy atom. The van der Waals surface area contributed by atoms with Crippen LogP contribution in [0.5, 0.6) is 0 Å². The van der Waals surface area contributed by atoms with E-state index in [2.05, 4.69) is 33.0 Å². The Morgan fingerprint density at radius 3 is 2.91 bits per heavy atom. The standard InChI is InChI=1S/C16H18N4OS/c21-16(18-13-9-5-2-6-10-13)17-11-14-19-20-15(22-14)12-7-3-1-4-8-12/h1,3-5,7-9,13H,2,6,10-11H2,(H2,17,18,21)/t13-/m0/s1. The molecule has 1 aliphatic carbocycles. The molecular weight excluding hydrogens is 296 g/mol. The minimum atomic E-state index is -0.159. The van der Waals surface area contributed by atoms with Crippen molar-refractivity contribution < 1.29 is 4.79 Å². The zero-order valence-electron chi connectivity index (χ0n) is 12.2. The van der Waals surface area contributed by atoms with Gasteiger partial charge < -0.3 is 10.6 Å². The van der Waals surface area contributed by atoms with Crippen LogP contribution in [0.3, 0.4) is 0 Å². The topological polar surface area (TPSA) is 66.9 Å². The van der Waals surface area contributed by atoms with Crippen LogP contribution in [0.4, 0.5) is 4.79 Å². The summed E-state index contributed by atoms with van der Waals surface area (Å²) in [6, 6.07) is 9.90. The smallest absolute Gasteiger partial charge is 0.315 e. The van der Waals surface area contributed by atoms with Crippen LogP contribution in [-0.4, -0.2) is 22.3 Å². The van der Waals surface area contributed by atoms with Gasteiger partial charge in [0.05, 0.1) is 6.54 Å². The van der Waals surface area contributed by atoms with Gasteiger partial charge in [0.15, 0.2) is 0 Å². The quantitative estimate of drug-likeness (QED) is 0.852. The van der Waals surface area contributed by atoms with E-state index in [0.717, 1.165) is 34.8 Å². The van der Waals surface area contributed by atoms with Gasteiger partial charge in [-0.3, -0.25) is 0 Å². The van der Waals surface area contributed by atoms with Crippen molar-refractivity contribution in [1.82, 2.24) is 20.8 Å². The summed E-state index contributed by atoms with van der Waals surface area (Å²) in [5, 5.41) is 15.7. The summed E-state index contributed by atoms with van der Waals surface area (Å²) >= 11 is 1.50. The van der Waals surface area contributed by atoms with Crippen molar-refractivity contribution in [1.29, 1.82) is 0 Å². The largest absolute Gasteiger partial charge is 0.332 e. The van der Waals surface area contributed by atoms with Crippen LogP contribution >= 0.6 is 11.3 Å². The molecule has 22 heavy (non-hydrogen) atoms. The van der Waals surface area contributed by atoms with Gasteiger partial charge in [0.2, 0.25) is 0 Å². The fourth-order valence-corrected chi connectivity index (χ4v) is 3.12. The summed E-state index contributed by atoms with van der Waals surface area (Å²) in [6.07, 6.45) is 7.40. The molecule has 1 heterocycles. The van der Waals surface area contributed by atoms with E-state index in [1.54, 1.807) is 0 Å². The average Bonchev–Trinajstić information content (AvgIpc) is 3.04. The molecule has 0 fully saturated rings. The van der Waals surface area contributed by atoms with Gasteiger partial charge in [-0.2, -0.15) is 0 Å². The van der Waals surface area contributed by atoms with E-state index in [1.807, 2.05) is 30.3 Å². The molecule has 0 bridgehead atoms. The molecule has 1 atom stereocenters. The number of carbonyl (C=O) groups is 1. The van der Waals surface area contributed by atoms with Gasteiger partial charge in [0.25, 0.3) is 0 Å². The first-order valence-corrected chi connectivity index (χ1v) is 8.22. The average molecular weight is 314 g/mol. The summed E-state index contributed by atoms with van der Waals surface area (Å²) in [5.41, 5.74) is 1.04. The summed E-state index contributed by atoms with van der Waals surface area (Å²) in [6.45, 7) is 0.396. The molecule has 0 radical (unpaired) electrons. The Labute approximate surface area is 133 Å². The highest BCUT2D eigenvalue weighted by Gasteiger charge is 2.12. The molecule has 0 unspecified atom stereocenters. The SMILES string of the molecule is O=C(NCc1nnc(-c2ccccc2)s1)N[C@H]1C=CCCC1. The van der Waals surface area contributed by atoms with Crippen LogP contribution in [0, 0.1) is 0 Å². The lowest BCUT2D eigenvalue weighted by Crippen LogP contribution is -2.41. The zero-order valence-corrected chi connectivity index (χ0v) is 13.0. The molecule has 2 amide bonds. The van der Waals surface area contributed by atoms with Crippen molar-refractivity contribution >= 4 is 17.4 Å². The van der Waals surface area contributed by atoms with Crippen molar-refractivity contribution in [3.8, 4) is 10.6 Å². The molecule has 1 aromatic carbocycles. The molecule has 0 saturated carbocycles. The number of urea groups is 1. The highest BCUT2D eigenvalue weighted by Crippen LogP contribution is 2.22. The minimum Gasteiger partial charge on any atom is -0.332 e. The second-order valence-corrected chi connectivity index (χ2v) is 6.22. The molecule has 0 saturated heterocycles. The van der Waals surface area contributed by atoms with E-state index >= 15 is 0 Å². The molecule has 1 aromatic heterocycles. The van der Waals surface area contributed by atoms with Crippen LogP contribution in [0.1, 0.15) is 24.3 Å². The molecule has 0 spiro atoms. The lowest BCUT2D eigenvalue weighted by atomic mass is 10.0. The maximum Gasteiger partial charge on any atom is 0.315 e. The highest BCUT2D eigenvalue weighted by molar-refractivity contribution is 7.14. The maximum atomic E-state index is 11.9. The van der Waals surface area contributed by atoms with E-state index in [-0.39, 0.29) is 12.1 Å². The van der Waals surface area contributed by atoms with E-state index in [0.29, 0.717) is 6.54 Å². The van der Waals surface area contributed by atoms with Gasteiger partial charge >= 0.3 is 6.03 Å². The Hall–Kier alpha value is -2.21. The molecule has 0 aliphatic heterocycles. The second-order valence-electron chi connectivity index (χ2n) is 5.16. The van der Waals surface area contributed by atoms with Crippen LogP contribution in [0.15, 0.2) is 42.5 Å². The zero-order chi connectivity index (χ0) is 15.2. The maximum absolute atomic E-state index is 11.9. The van der Waals surface area contributed by atoms with E-state index in [1.165, 1.54) is 11.3 Å². The number of nitrogens with one attached hydrogen (secondary N) is 2. The molecule has 3 rings (SSSR count). The first-order valence-electron chi connectivity index (χ1n) is 7.40. The van der Waals surface area contributed by atoms with E-state index in [4.69, 9.17) is 0 Å². The molecule has 1 aliphatic rings. The lowest BCUT2D eigenvalue weighted by Gasteiger charge is -2.17. The van der Waals surface area contributed by atoms with E-state index < -0.39 is 0 Å². The van der Waals surface area contributed by atoms with Gasteiger partial charge in [-0.05, 0) is 19.3 Å². The van der Waals surface area contributed by atoms with Crippen molar-refractivity contribution in [3.63, 3.8) is 0 Å². The van der Waals surface area contributed by atoms with Gasteiger partial charge in [0.1, 0.15) is 10.0 Å². The van der Waals surface area contributed by atoms with Gasteiger partial charge in [0, 0.05) is 11.6 Å². The number of amides is 2. The summed E-state index contributed by atoms with van der Waals surface area (Å²) in [7, 11) is 0. The highest BCUT2D eigenvalue weighted by atomic mass is 32.1. The first kappa shape index (κ1) is 14.7. The Bertz CT molecular complexity index is 653. The lowest BCUT2D eigenvalue weighted by molar-refractivity contribution is 0.237. The Balaban J connectivity index is 1.51. The van der Waals surface area contributed by atoms with Crippen molar-refractivity contribution in [3.05, 3.63) is 47.5 Å². The van der Waals surface area contributed by atoms with Gasteiger partial charge in [-0.25, -0.2) is 4.79 Å². The fourth-order valence-electron chi connectivity index (χ4n) is 2.33. The van der Waals surface area contributed by atoms with E-state index in [9.17, 15) is 4.79 Å². The molecule has 5 nitrogen and oxygen atoms in total. The molecule has 114 valence electrons. The van der Waals surface area contributed by atoms with Crippen molar-refractivity contribution in [2.45, 2.75) is 31.8 Å². The molecule has 2 aromatic rings. The number of hydrogen-bond acceptors (Lipinski definition) is 4. The predicted molar refractivity (Wildman–Crippen MR) is 87.5 cm³/mol. The summed E-state index contributed by atoms with van der Waals surface area (Å²) in [4.78, 5) is 11.9. The third kappa shape index (κ3) is 3.92. The fraction of sp³-hybridized carbons (Fsp3) is 0.312. The Kier molecular flexibility index (Phi) is 4.80. The van der Waals surface area contributed by atoms with Gasteiger partial charge in [-0.15, -0.1) is 10.2 Å². The summed E-state index contributed by atoms with van der Waals surface area (Å²) in [5.74, 6) is 0. The molecular formula is C16H18N4OS. The number of benzene rings is 1. The number of nitrogens with zero attached hydrogens (tertiary/aromatic N) is 2.